The molecule has 8 aromatic carbocycles. The van der Waals surface area contributed by atoms with Crippen molar-refractivity contribution in [2.75, 3.05) is 0 Å². The van der Waals surface area contributed by atoms with Gasteiger partial charge < -0.3 is 4.57 Å². The zero-order chi connectivity index (χ0) is 45.0. The number of aryl methyl sites for hydroxylation is 2. The van der Waals surface area contributed by atoms with E-state index in [1.165, 1.54) is 0 Å². The lowest BCUT2D eigenvalue weighted by molar-refractivity contribution is -0.143. The maximum atomic E-state index is 14.6. The highest BCUT2D eigenvalue weighted by Gasteiger charge is 2.37. The smallest absolute Gasteiger partial charge is 0.309 e. The summed E-state index contributed by atoms with van der Waals surface area (Å²) >= 11 is 0. The predicted molar refractivity (Wildman–Crippen MR) is 246 cm³/mol. The van der Waals surface area contributed by atoms with E-state index in [0.717, 1.165) is 67.3 Å². The fraction of sp³-hybridized carbons (Fsp3) is 0.0727. The molecular formula is C55H36F6N4. The van der Waals surface area contributed by atoms with Crippen LogP contribution in [-0.4, -0.2) is 19.5 Å². The highest BCUT2D eigenvalue weighted by Crippen LogP contribution is 2.44. The van der Waals surface area contributed by atoms with Crippen LogP contribution in [0.15, 0.2) is 182 Å². The summed E-state index contributed by atoms with van der Waals surface area (Å²) in [5.41, 5.74) is 6.46. The summed E-state index contributed by atoms with van der Waals surface area (Å²) in [5.74, 6) is 0.620. The van der Waals surface area contributed by atoms with Crippen molar-refractivity contribution in [3.8, 4) is 73.2 Å². The van der Waals surface area contributed by atoms with Gasteiger partial charge in [-0.15, -0.1) is 0 Å². The predicted octanol–water partition coefficient (Wildman–Crippen LogP) is 15.6. The number of nitrogens with zero attached hydrogens (tertiary/aromatic N) is 4. The van der Waals surface area contributed by atoms with Gasteiger partial charge in [0.2, 0.25) is 0 Å². The molecule has 0 unspecified atom stereocenters. The van der Waals surface area contributed by atoms with Gasteiger partial charge in [-0.3, -0.25) is 0 Å². The van der Waals surface area contributed by atoms with E-state index >= 15 is 0 Å². The van der Waals surface area contributed by atoms with E-state index in [1.807, 2.05) is 140 Å². The second-order valence-electron chi connectivity index (χ2n) is 16.1. The minimum absolute atomic E-state index is 0.0581. The molecule has 65 heavy (non-hydrogen) atoms. The van der Waals surface area contributed by atoms with E-state index in [2.05, 4.69) is 24.3 Å². The second kappa shape index (κ2) is 16.1. The van der Waals surface area contributed by atoms with Gasteiger partial charge >= 0.3 is 12.4 Å². The minimum Gasteiger partial charge on any atom is -0.309 e. The van der Waals surface area contributed by atoms with Gasteiger partial charge in [0.05, 0.1) is 22.2 Å². The van der Waals surface area contributed by atoms with Gasteiger partial charge in [0.25, 0.3) is 0 Å². The molecule has 10 heteroatoms. The molecule has 0 fully saturated rings. The van der Waals surface area contributed by atoms with E-state index in [1.54, 1.807) is 18.2 Å². The number of hydrogen-bond donors (Lipinski definition) is 0. The van der Waals surface area contributed by atoms with E-state index in [9.17, 15) is 26.3 Å². The van der Waals surface area contributed by atoms with Crippen LogP contribution < -0.4 is 0 Å². The molecule has 0 aliphatic heterocycles. The zero-order valence-electron chi connectivity index (χ0n) is 34.9. The first-order valence-electron chi connectivity index (χ1n) is 20.8. The van der Waals surface area contributed by atoms with Crippen molar-refractivity contribution >= 4 is 21.8 Å². The first-order chi connectivity index (χ1) is 31.3. The minimum atomic E-state index is -5.09. The van der Waals surface area contributed by atoms with Gasteiger partial charge in [-0.25, -0.2) is 15.0 Å². The van der Waals surface area contributed by atoms with Gasteiger partial charge in [0, 0.05) is 33.2 Å². The number of benzene rings is 8. The fourth-order valence-electron chi connectivity index (χ4n) is 8.29. The van der Waals surface area contributed by atoms with Crippen LogP contribution in [0.5, 0.6) is 0 Å². The molecule has 0 bridgehead atoms. The van der Waals surface area contributed by atoms with Crippen molar-refractivity contribution in [1.29, 1.82) is 0 Å². The summed E-state index contributed by atoms with van der Waals surface area (Å²) in [4.78, 5) is 14.5. The lowest BCUT2D eigenvalue weighted by Gasteiger charge is -2.18. The molecule has 318 valence electrons. The fourth-order valence-corrected chi connectivity index (χ4v) is 8.29. The lowest BCUT2D eigenvalue weighted by Crippen LogP contribution is -2.11. The third-order valence-corrected chi connectivity index (χ3v) is 11.6. The maximum Gasteiger partial charge on any atom is 0.416 e. The van der Waals surface area contributed by atoms with E-state index in [0.29, 0.717) is 16.8 Å². The van der Waals surface area contributed by atoms with Crippen LogP contribution in [0.3, 0.4) is 0 Å². The van der Waals surface area contributed by atoms with Crippen LogP contribution in [0.25, 0.3) is 95.0 Å². The quantitative estimate of drug-likeness (QED) is 0.150. The van der Waals surface area contributed by atoms with Gasteiger partial charge in [-0.05, 0) is 95.8 Å². The summed E-state index contributed by atoms with van der Waals surface area (Å²) in [6, 6.07) is 53.6. The molecular weight excluding hydrogens is 831 g/mol. The molecule has 0 saturated carbocycles. The highest BCUT2D eigenvalue weighted by atomic mass is 19.4. The van der Waals surface area contributed by atoms with Crippen molar-refractivity contribution in [3.05, 3.63) is 204 Å². The molecule has 10 aromatic rings. The van der Waals surface area contributed by atoms with Crippen molar-refractivity contribution in [2.45, 2.75) is 26.2 Å². The Bertz CT molecular complexity index is 3200. The lowest BCUT2D eigenvalue weighted by atomic mass is 9.94. The Morgan fingerprint density at radius 1 is 0.354 bits per heavy atom. The van der Waals surface area contributed by atoms with Crippen LogP contribution in [0.2, 0.25) is 0 Å². The topological polar surface area (TPSA) is 43.6 Å². The number of hydrogen-bond acceptors (Lipinski definition) is 3. The number of aromatic nitrogens is 4. The van der Waals surface area contributed by atoms with Crippen molar-refractivity contribution in [3.63, 3.8) is 0 Å². The first-order valence-corrected chi connectivity index (χ1v) is 20.8. The average Bonchev–Trinajstić information content (AvgIpc) is 3.64. The molecule has 2 aromatic heterocycles. The van der Waals surface area contributed by atoms with Crippen LogP contribution in [0.4, 0.5) is 26.3 Å². The summed E-state index contributed by atoms with van der Waals surface area (Å²) in [6.45, 7) is 4.03. The van der Waals surface area contributed by atoms with Gasteiger partial charge in [0.15, 0.2) is 17.5 Å². The van der Waals surface area contributed by atoms with Gasteiger partial charge in [0.1, 0.15) is 0 Å². The molecule has 0 aliphatic carbocycles. The maximum absolute atomic E-state index is 14.6. The molecule has 0 aliphatic rings. The number of halogens is 6. The first kappa shape index (κ1) is 41.2. The van der Waals surface area contributed by atoms with Crippen molar-refractivity contribution < 1.29 is 26.3 Å². The Balaban J connectivity index is 1.29. The molecule has 0 saturated heterocycles. The van der Waals surface area contributed by atoms with E-state index in [-0.39, 0.29) is 40.2 Å². The third kappa shape index (κ3) is 8.03. The molecule has 0 radical (unpaired) electrons. The van der Waals surface area contributed by atoms with Gasteiger partial charge in [-0.1, -0.05) is 145 Å². The van der Waals surface area contributed by atoms with Gasteiger partial charge in [-0.2, -0.15) is 26.3 Å². The molecule has 10 rings (SSSR count). The summed E-state index contributed by atoms with van der Waals surface area (Å²) in [5, 5.41) is 1.82. The van der Waals surface area contributed by atoms with Crippen molar-refractivity contribution in [1.82, 2.24) is 19.5 Å². The SMILES string of the molecule is Cc1ccc(-c2ccc3c4ccc(-c5ccc(C)cc5)cc4n(-c4ccc(-c5nc(-c6ccccc6)nc(-c6ccccc6)n5)c(-c5cc(C(F)(F)F)cc(C(F)(F)F)c5)c4)c3c2)cc1. The average molecular weight is 867 g/mol. The number of fused-ring (bicyclic) bond motifs is 3. The van der Waals surface area contributed by atoms with Crippen LogP contribution in [-0.2, 0) is 12.4 Å². The molecule has 0 spiro atoms. The second-order valence-corrected chi connectivity index (χ2v) is 16.1. The van der Waals surface area contributed by atoms with Crippen LogP contribution in [0.1, 0.15) is 22.3 Å². The highest BCUT2D eigenvalue weighted by molar-refractivity contribution is 6.11. The Kier molecular flexibility index (Phi) is 10.2. The summed E-state index contributed by atoms with van der Waals surface area (Å²) in [6.07, 6.45) is -10.2. The van der Waals surface area contributed by atoms with Crippen LogP contribution in [0, 0.1) is 13.8 Å². The molecule has 0 atom stereocenters. The number of alkyl halides is 6. The Hall–Kier alpha value is -7.85. The molecule has 4 nitrogen and oxygen atoms in total. The van der Waals surface area contributed by atoms with Crippen molar-refractivity contribution in [2.24, 2.45) is 0 Å². The Labute approximate surface area is 370 Å². The molecule has 2 heterocycles. The van der Waals surface area contributed by atoms with Crippen LogP contribution >= 0.6 is 0 Å². The Morgan fingerprint density at radius 3 is 1.23 bits per heavy atom. The zero-order valence-corrected chi connectivity index (χ0v) is 34.9. The summed E-state index contributed by atoms with van der Waals surface area (Å²) in [7, 11) is 0. The number of rotatable bonds is 7. The Morgan fingerprint density at radius 2 is 0.785 bits per heavy atom. The third-order valence-electron chi connectivity index (χ3n) is 11.6. The normalized spacial score (nSPS) is 12.0. The standard InChI is InChI=1S/C55H36F6N4/c1-33-13-17-35(18-14-33)39-21-24-45-46-25-22-40(36-19-15-34(2)16-20-36)30-50(46)65(49(45)29-39)44-23-26-47(48(32-44)41-27-42(54(56,57)58)31-43(28-41)55(59,60)61)53-63-51(37-9-5-3-6-10-37)62-52(64-53)38-11-7-4-8-12-38/h3-32H,1-2H3. The largest absolute Gasteiger partial charge is 0.416 e. The molecule has 0 amide bonds. The summed E-state index contributed by atoms with van der Waals surface area (Å²) < 4.78 is 89.6. The monoisotopic (exact) mass is 866 g/mol. The van der Waals surface area contributed by atoms with E-state index < -0.39 is 23.5 Å². The molecule has 0 N–H and O–H groups in total. The van der Waals surface area contributed by atoms with E-state index in [4.69, 9.17) is 15.0 Å².